The first-order valence-corrected chi connectivity index (χ1v) is 7.65. The predicted molar refractivity (Wildman–Crippen MR) is 85.9 cm³/mol. The molecule has 0 fully saturated rings. The van der Waals surface area contributed by atoms with Crippen molar-refractivity contribution < 1.29 is 0 Å². The minimum Gasteiger partial charge on any atom is -0.354 e. The number of aromatic amines is 1. The highest BCUT2D eigenvalue weighted by molar-refractivity contribution is 5.87. The standard InChI is InChI=1S/C16H17N7/c1-10-5-12-6-11(7-17)21-23(12)8-14(10)22(2)16-13-3-4-18-15(13)19-9-20-16/h3-4,6,9-10,14H,5,8H2,1-2H3,(H,18,19,20). The Balaban J connectivity index is 1.70. The summed E-state index contributed by atoms with van der Waals surface area (Å²) >= 11 is 0. The van der Waals surface area contributed by atoms with Crippen LogP contribution in [0.25, 0.3) is 11.0 Å². The lowest BCUT2D eigenvalue weighted by atomic mass is 9.92. The molecule has 2 atom stereocenters. The molecule has 7 nitrogen and oxygen atoms in total. The number of H-pyrrole nitrogens is 1. The molecule has 3 aromatic rings. The molecule has 2 unspecified atom stereocenters. The molecule has 0 saturated heterocycles. The van der Waals surface area contributed by atoms with Crippen molar-refractivity contribution in [3.05, 3.63) is 36.0 Å². The van der Waals surface area contributed by atoms with Crippen LogP contribution in [-0.4, -0.2) is 37.8 Å². The van der Waals surface area contributed by atoms with Crippen LogP contribution < -0.4 is 4.90 Å². The van der Waals surface area contributed by atoms with E-state index < -0.39 is 0 Å². The molecular weight excluding hydrogens is 290 g/mol. The van der Waals surface area contributed by atoms with Gasteiger partial charge in [-0.05, 0) is 24.5 Å². The molecule has 0 amide bonds. The van der Waals surface area contributed by atoms with E-state index in [1.54, 1.807) is 6.33 Å². The molecule has 4 heterocycles. The van der Waals surface area contributed by atoms with Crippen LogP contribution in [0.15, 0.2) is 24.7 Å². The fourth-order valence-electron chi connectivity index (χ4n) is 3.46. The fraction of sp³-hybridized carbons (Fsp3) is 0.375. The van der Waals surface area contributed by atoms with Crippen molar-refractivity contribution in [2.45, 2.75) is 25.9 Å². The number of anilines is 1. The molecule has 4 rings (SSSR count). The van der Waals surface area contributed by atoms with E-state index in [1.165, 1.54) is 0 Å². The highest BCUT2D eigenvalue weighted by Gasteiger charge is 2.31. The second-order valence-electron chi connectivity index (χ2n) is 6.11. The molecule has 23 heavy (non-hydrogen) atoms. The van der Waals surface area contributed by atoms with E-state index in [4.69, 9.17) is 5.26 Å². The average Bonchev–Trinajstić information content (AvgIpc) is 3.18. The van der Waals surface area contributed by atoms with Gasteiger partial charge in [-0.1, -0.05) is 6.92 Å². The maximum atomic E-state index is 9.04. The molecule has 7 heteroatoms. The van der Waals surface area contributed by atoms with Crippen molar-refractivity contribution in [3.63, 3.8) is 0 Å². The summed E-state index contributed by atoms with van der Waals surface area (Å²) in [4.78, 5) is 14.1. The van der Waals surface area contributed by atoms with Gasteiger partial charge < -0.3 is 9.88 Å². The third-order valence-corrected chi connectivity index (χ3v) is 4.69. The molecule has 0 saturated carbocycles. The maximum Gasteiger partial charge on any atom is 0.162 e. The van der Waals surface area contributed by atoms with Gasteiger partial charge in [-0.3, -0.25) is 4.68 Å². The molecule has 3 aromatic heterocycles. The molecular formula is C16H17N7. The second-order valence-corrected chi connectivity index (χ2v) is 6.11. The van der Waals surface area contributed by atoms with Gasteiger partial charge in [0.25, 0.3) is 0 Å². The molecule has 1 N–H and O–H groups in total. The number of aromatic nitrogens is 5. The Hall–Kier alpha value is -2.88. The summed E-state index contributed by atoms with van der Waals surface area (Å²) in [5.41, 5.74) is 2.47. The molecule has 0 spiro atoms. The van der Waals surface area contributed by atoms with E-state index >= 15 is 0 Å². The molecule has 116 valence electrons. The second kappa shape index (κ2) is 5.09. The number of fused-ring (bicyclic) bond motifs is 2. The number of hydrogen-bond acceptors (Lipinski definition) is 5. The molecule has 1 aliphatic rings. The van der Waals surface area contributed by atoms with E-state index in [0.29, 0.717) is 11.6 Å². The summed E-state index contributed by atoms with van der Waals surface area (Å²) < 4.78 is 1.95. The van der Waals surface area contributed by atoms with Crippen LogP contribution in [0.1, 0.15) is 18.3 Å². The third kappa shape index (κ3) is 2.14. The molecule has 0 aromatic carbocycles. The first-order chi connectivity index (χ1) is 11.2. The zero-order valence-corrected chi connectivity index (χ0v) is 13.1. The Kier molecular flexibility index (Phi) is 3.05. The van der Waals surface area contributed by atoms with Crippen LogP contribution in [0, 0.1) is 17.2 Å². The molecule has 0 aliphatic carbocycles. The van der Waals surface area contributed by atoms with Crippen LogP contribution >= 0.6 is 0 Å². The lowest BCUT2D eigenvalue weighted by molar-refractivity contribution is 0.324. The zero-order valence-electron chi connectivity index (χ0n) is 13.1. The van der Waals surface area contributed by atoms with Crippen molar-refractivity contribution in [3.8, 4) is 6.07 Å². The molecule has 0 bridgehead atoms. The van der Waals surface area contributed by atoms with Gasteiger partial charge in [0.05, 0.1) is 18.0 Å². The van der Waals surface area contributed by atoms with Gasteiger partial charge in [0, 0.05) is 18.9 Å². The average molecular weight is 307 g/mol. The Bertz CT molecular complexity index is 901. The van der Waals surface area contributed by atoms with Gasteiger partial charge in [-0.2, -0.15) is 10.4 Å². The summed E-state index contributed by atoms with van der Waals surface area (Å²) in [6, 6.07) is 6.28. The highest BCUT2D eigenvalue weighted by atomic mass is 15.3. The monoisotopic (exact) mass is 307 g/mol. The number of rotatable bonds is 2. The Labute approximate surface area is 133 Å². The normalized spacial score (nSPS) is 20.2. The van der Waals surface area contributed by atoms with Crippen molar-refractivity contribution in [1.29, 1.82) is 5.26 Å². The van der Waals surface area contributed by atoms with Crippen LogP contribution in [0.3, 0.4) is 0 Å². The predicted octanol–water partition coefficient (Wildman–Crippen LogP) is 1.72. The number of hydrogen-bond donors (Lipinski definition) is 1. The van der Waals surface area contributed by atoms with Crippen LogP contribution in [0.4, 0.5) is 5.82 Å². The van der Waals surface area contributed by atoms with E-state index in [2.05, 4.69) is 45.0 Å². The summed E-state index contributed by atoms with van der Waals surface area (Å²) in [5.74, 6) is 1.36. The zero-order chi connectivity index (χ0) is 16.0. The summed E-state index contributed by atoms with van der Waals surface area (Å²) in [6.45, 7) is 2.99. The first kappa shape index (κ1) is 13.8. The van der Waals surface area contributed by atoms with Gasteiger partial charge in [0.15, 0.2) is 5.69 Å². The van der Waals surface area contributed by atoms with Crippen LogP contribution in [-0.2, 0) is 13.0 Å². The number of nitrogens with one attached hydrogen (secondary N) is 1. The van der Waals surface area contributed by atoms with Crippen LogP contribution in [0.2, 0.25) is 0 Å². The van der Waals surface area contributed by atoms with Gasteiger partial charge in [0.1, 0.15) is 23.9 Å². The van der Waals surface area contributed by atoms with E-state index in [9.17, 15) is 0 Å². The summed E-state index contributed by atoms with van der Waals surface area (Å²) in [7, 11) is 2.07. The fourth-order valence-corrected chi connectivity index (χ4v) is 3.46. The topological polar surface area (TPSA) is 86.4 Å². The van der Waals surface area contributed by atoms with Gasteiger partial charge >= 0.3 is 0 Å². The van der Waals surface area contributed by atoms with Crippen molar-refractivity contribution in [1.82, 2.24) is 24.7 Å². The van der Waals surface area contributed by atoms with Crippen molar-refractivity contribution >= 4 is 16.9 Å². The Morgan fingerprint density at radius 1 is 1.43 bits per heavy atom. The smallest absolute Gasteiger partial charge is 0.162 e. The van der Waals surface area contributed by atoms with Crippen LogP contribution in [0.5, 0.6) is 0 Å². The quantitative estimate of drug-likeness (QED) is 0.779. The lowest BCUT2D eigenvalue weighted by Gasteiger charge is -2.37. The first-order valence-electron chi connectivity index (χ1n) is 7.65. The molecule has 0 radical (unpaired) electrons. The third-order valence-electron chi connectivity index (χ3n) is 4.69. The van der Waals surface area contributed by atoms with Gasteiger partial charge in [0.2, 0.25) is 0 Å². The number of nitrogens with zero attached hydrogens (tertiary/aromatic N) is 6. The SMILES string of the molecule is CC1Cc2cc(C#N)nn2CC1N(C)c1ncnc2[nH]ccc12. The maximum absolute atomic E-state index is 9.04. The number of nitriles is 1. The summed E-state index contributed by atoms with van der Waals surface area (Å²) in [5, 5.41) is 14.4. The minimum absolute atomic E-state index is 0.266. The van der Waals surface area contributed by atoms with Gasteiger partial charge in [-0.15, -0.1) is 0 Å². The number of likely N-dealkylation sites (N-methyl/N-ethyl adjacent to an activating group) is 1. The van der Waals surface area contributed by atoms with E-state index in [0.717, 1.165) is 35.5 Å². The van der Waals surface area contributed by atoms with Crippen molar-refractivity contribution in [2.75, 3.05) is 11.9 Å². The summed E-state index contributed by atoms with van der Waals surface area (Å²) in [6.07, 6.45) is 4.38. The van der Waals surface area contributed by atoms with E-state index in [1.807, 2.05) is 23.0 Å². The van der Waals surface area contributed by atoms with Gasteiger partial charge in [-0.25, -0.2) is 9.97 Å². The minimum atomic E-state index is 0.266. The molecule has 1 aliphatic heterocycles. The van der Waals surface area contributed by atoms with Crippen molar-refractivity contribution in [2.24, 2.45) is 5.92 Å². The largest absolute Gasteiger partial charge is 0.354 e. The lowest BCUT2D eigenvalue weighted by Crippen LogP contribution is -2.45. The van der Waals surface area contributed by atoms with E-state index in [-0.39, 0.29) is 6.04 Å². The Morgan fingerprint density at radius 2 is 2.30 bits per heavy atom. The Morgan fingerprint density at radius 3 is 3.13 bits per heavy atom. The highest BCUT2D eigenvalue weighted by Crippen LogP contribution is 2.29.